The van der Waals surface area contributed by atoms with Crippen LogP contribution in [0, 0.1) is 10.1 Å². The van der Waals surface area contributed by atoms with Crippen LogP contribution in [0.25, 0.3) is 0 Å². The Morgan fingerprint density at radius 1 is 1.43 bits per heavy atom. The van der Waals surface area contributed by atoms with Crippen LogP contribution in [0.15, 0.2) is 41.0 Å². The van der Waals surface area contributed by atoms with Gasteiger partial charge in [-0.25, -0.2) is 0 Å². The van der Waals surface area contributed by atoms with Crippen LogP contribution in [0.2, 0.25) is 0 Å². The van der Waals surface area contributed by atoms with Crippen LogP contribution in [0.3, 0.4) is 0 Å². The molecule has 0 spiro atoms. The molecular weight excluding hydrogens is 320 g/mol. The lowest BCUT2D eigenvalue weighted by Crippen LogP contribution is -2.15. The minimum absolute atomic E-state index is 0.155. The fourth-order valence-electron chi connectivity index (χ4n) is 1.85. The molecule has 1 heterocycles. The van der Waals surface area contributed by atoms with Crippen molar-refractivity contribution in [1.82, 2.24) is 0 Å². The molecule has 0 aliphatic carbocycles. The second-order valence-corrected chi connectivity index (χ2v) is 5.48. The van der Waals surface area contributed by atoms with Gasteiger partial charge in [-0.1, -0.05) is 0 Å². The number of amides is 1. The molecule has 23 heavy (non-hydrogen) atoms. The lowest BCUT2D eigenvalue weighted by Gasteiger charge is -2.08. The van der Waals surface area contributed by atoms with E-state index < -0.39 is 4.92 Å². The van der Waals surface area contributed by atoms with Gasteiger partial charge in [0.2, 0.25) is 5.91 Å². The van der Waals surface area contributed by atoms with Crippen LogP contribution in [0.1, 0.15) is 12.7 Å². The molecule has 122 valence electrons. The lowest BCUT2D eigenvalue weighted by molar-refractivity contribution is -0.384. The fraction of sp³-hybridized carbons (Fsp3) is 0.267. The minimum atomic E-state index is -0.547. The Morgan fingerprint density at radius 2 is 2.26 bits per heavy atom. The van der Waals surface area contributed by atoms with E-state index in [0.29, 0.717) is 18.1 Å². The quantitative estimate of drug-likeness (QED) is 0.586. The van der Waals surface area contributed by atoms with E-state index in [1.165, 1.54) is 23.9 Å². The minimum Gasteiger partial charge on any atom is -0.494 e. The average molecular weight is 336 g/mol. The Hall–Kier alpha value is -2.48. The highest BCUT2D eigenvalue weighted by Gasteiger charge is 2.17. The van der Waals surface area contributed by atoms with E-state index >= 15 is 0 Å². The Labute approximate surface area is 137 Å². The number of hydrogen-bond acceptors (Lipinski definition) is 6. The maximum atomic E-state index is 11.9. The maximum absolute atomic E-state index is 11.9. The Morgan fingerprint density at radius 3 is 2.91 bits per heavy atom. The van der Waals surface area contributed by atoms with Crippen molar-refractivity contribution in [2.75, 3.05) is 17.7 Å². The van der Waals surface area contributed by atoms with Gasteiger partial charge in [-0.15, -0.1) is 11.8 Å². The molecule has 0 saturated heterocycles. The number of benzene rings is 1. The summed E-state index contributed by atoms with van der Waals surface area (Å²) in [5, 5.41) is 13.7. The molecule has 0 radical (unpaired) electrons. The predicted octanol–water partition coefficient (Wildman–Crippen LogP) is 3.46. The number of nitrogens with one attached hydrogen (secondary N) is 1. The summed E-state index contributed by atoms with van der Waals surface area (Å²) in [6.45, 7) is 2.20. The zero-order chi connectivity index (χ0) is 16.7. The first-order valence-electron chi connectivity index (χ1n) is 6.91. The van der Waals surface area contributed by atoms with E-state index in [9.17, 15) is 14.9 Å². The van der Waals surface area contributed by atoms with E-state index in [1.807, 2.05) is 6.07 Å². The number of anilines is 1. The Balaban J connectivity index is 1.95. The molecule has 0 fully saturated rings. The summed E-state index contributed by atoms with van der Waals surface area (Å²) < 4.78 is 10.4. The molecule has 0 aliphatic heterocycles. The van der Waals surface area contributed by atoms with Gasteiger partial charge in [-0.3, -0.25) is 14.9 Å². The molecular formula is C15H16N2O5S. The summed E-state index contributed by atoms with van der Waals surface area (Å²) in [5.74, 6) is 1.59. The number of hydrogen-bond donors (Lipinski definition) is 1. The van der Waals surface area contributed by atoms with Crippen LogP contribution >= 0.6 is 11.8 Å². The van der Waals surface area contributed by atoms with Crippen LogP contribution in [0.5, 0.6) is 5.75 Å². The first-order chi connectivity index (χ1) is 11.1. The second kappa shape index (κ2) is 8.23. The van der Waals surface area contributed by atoms with Gasteiger partial charge in [-0.05, 0) is 31.2 Å². The van der Waals surface area contributed by atoms with Gasteiger partial charge in [0.25, 0.3) is 5.69 Å². The summed E-state index contributed by atoms with van der Waals surface area (Å²) in [5.41, 5.74) is -0.0395. The average Bonchev–Trinajstić information content (AvgIpc) is 3.02. The second-order valence-electron chi connectivity index (χ2n) is 4.49. The molecule has 8 heteroatoms. The number of nitro benzene ring substituents is 1. The number of thioether (sulfide) groups is 1. The molecule has 2 aromatic rings. The normalized spacial score (nSPS) is 10.3. The van der Waals surface area contributed by atoms with Gasteiger partial charge in [0.05, 0.1) is 35.4 Å². The summed E-state index contributed by atoms with van der Waals surface area (Å²) in [4.78, 5) is 22.5. The lowest BCUT2D eigenvalue weighted by atomic mass is 10.2. The summed E-state index contributed by atoms with van der Waals surface area (Å²) >= 11 is 1.36. The number of carbonyl (C=O) groups is 1. The summed E-state index contributed by atoms with van der Waals surface area (Å²) in [6, 6.07) is 7.96. The third-order valence-corrected chi connectivity index (χ3v) is 3.76. The van der Waals surface area contributed by atoms with Crippen molar-refractivity contribution in [2.45, 2.75) is 12.7 Å². The van der Waals surface area contributed by atoms with Crippen LogP contribution in [-0.2, 0) is 10.5 Å². The zero-order valence-electron chi connectivity index (χ0n) is 12.5. The van der Waals surface area contributed by atoms with Gasteiger partial charge >= 0.3 is 0 Å². The third kappa shape index (κ3) is 5.03. The molecule has 0 aliphatic rings. The van der Waals surface area contributed by atoms with Crippen molar-refractivity contribution in [3.63, 3.8) is 0 Å². The molecule has 1 aromatic carbocycles. The van der Waals surface area contributed by atoms with Gasteiger partial charge in [0, 0.05) is 0 Å². The molecule has 2 rings (SSSR count). The van der Waals surface area contributed by atoms with Gasteiger partial charge in [0.1, 0.15) is 17.2 Å². The predicted molar refractivity (Wildman–Crippen MR) is 87.8 cm³/mol. The van der Waals surface area contributed by atoms with Gasteiger partial charge in [0.15, 0.2) is 0 Å². The SMILES string of the molecule is CCOc1ccc(NC(=O)CSCc2ccco2)c([N+](=O)[O-])c1. The molecule has 1 N–H and O–H groups in total. The molecule has 0 bridgehead atoms. The molecule has 0 atom stereocenters. The molecule has 1 aromatic heterocycles. The highest BCUT2D eigenvalue weighted by Crippen LogP contribution is 2.29. The van der Waals surface area contributed by atoms with Crippen molar-refractivity contribution in [3.8, 4) is 5.75 Å². The number of rotatable bonds is 8. The fourth-order valence-corrected chi connectivity index (χ4v) is 2.58. The largest absolute Gasteiger partial charge is 0.494 e. The zero-order valence-corrected chi connectivity index (χ0v) is 13.3. The third-order valence-electron chi connectivity index (χ3n) is 2.81. The summed E-state index contributed by atoms with van der Waals surface area (Å²) in [7, 11) is 0. The number of nitro groups is 1. The standard InChI is InChI=1S/C15H16N2O5S/c1-2-21-11-5-6-13(14(8-11)17(19)20)16-15(18)10-23-9-12-4-3-7-22-12/h3-8H,2,9-10H2,1H3,(H,16,18). The first kappa shape index (κ1) is 16.9. The van der Waals surface area contributed by atoms with E-state index in [-0.39, 0.29) is 23.0 Å². The molecule has 1 amide bonds. The smallest absolute Gasteiger partial charge is 0.296 e. The monoisotopic (exact) mass is 336 g/mol. The highest BCUT2D eigenvalue weighted by atomic mass is 32.2. The van der Waals surface area contributed by atoms with E-state index in [2.05, 4.69) is 5.32 Å². The molecule has 7 nitrogen and oxygen atoms in total. The number of furan rings is 1. The maximum Gasteiger partial charge on any atom is 0.296 e. The molecule has 0 saturated carbocycles. The van der Waals surface area contributed by atoms with E-state index in [0.717, 1.165) is 5.76 Å². The van der Waals surface area contributed by atoms with E-state index in [4.69, 9.17) is 9.15 Å². The van der Waals surface area contributed by atoms with Crippen molar-refractivity contribution >= 4 is 29.0 Å². The van der Waals surface area contributed by atoms with Crippen molar-refractivity contribution in [1.29, 1.82) is 0 Å². The van der Waals surface area contributed by atoms with Crippen LogP contribution < -0.4 is 10.1 Å². The first-order valence-corrected chi connectivity index (χ1v) is 8.07. The number of carbonyl (C=O) groups excluding carboxylic acids is 1. The Bertz CT molecular complexity index is 673. The number of nitrogens with zero attached hydrogens (tertiary/aromatic N) is 1. The molecule has 0 unspecified atom stereocenters. The summed E-state index contributed by atoms with van der Waals surface area (Å²) in [6.07, 6.45) is 1.57. The van der Waals surface area contributed by atoms with Crippen LogP contribution in [0.4, 0.5) is 11.4 Å². The van der Waals surface area contributed by atoms with Crippen LogP contribution in [-0.4, -0.2) is 23.2 Å². The van der Waals surface area contributed by atoms with E-state index in [1.54, 1.807) is 25.3 Å². The van der Waals surface area contributed by atoms with Crippen molar-refractivity contribution < 1.29 is 18.9 Å². The Kier molecular flexibility index (Phi) is 6.04. The van der Waals surface area contributed by atoms with Gasteiger partial charge in [-0.2, -0.15) is 0 Å². The van der Waals surface area contributed by atoms with Crippen molar-refractivity contribution in [3.05, 3.63) is 52.5 Å². The topological polar surface area (TPSA) is 94.6 Å². The van der Waals surface area contributed by atoms with Crippen molar-refractivity contribution in [2.24, 2.45) is 0 Å². The van der Waals surface area contributed by atoms with Gasteiger partial charge < -0.3 is 14.5 Å². The number of ether oxygens (including phenoxy) is 1. The highest BCUT2D eigenvalue weighted by molar-refractivity contribution is 7.99.